The summed E-state index contributed by atoms with van der Waals surface area (Å²) in [6.07, 6.45) is 6.06. The smallest absolute Gasteiger partial charge is 0.293 e. The van der Waals surface area contributed by atoms with Gasteiger partial charge in [-0.05, 0) is 42.2 Å². The van der Waals surface area contributed by atoms with Gasteiger partial charge in [-0.25, -0.2) is 4.98 Å². The largest absolute Gasteiger partial charge is 0.348 e. The van der Waals surface area contributed by atoms with Crippen LogP contribution in [0.2, 0.25) is 0 Å². The molecule has 4 aromatic rings. The first-order chi connectivity index (χ1) is 15.2. The van der Waals surface area contributed by atoms with Crippen molar-refractivity contribution in [3.63, 3.8) is 0 Å². The third-order valence-electron chi connectivity index (χ3n) is 6.29. The number of nitrogens with zero attached hydrogens (tertiary/aromatic N) is 5. The lowest BCUT2D eigenvalue weighted by Gasteiger charge is -2.42. The molecule has 6 heterocycles. The van der Waals surface area contributed by atoms with Gasteiger partial charge in [0.15, 0.2) is 0 Å². The zero-order chi connectivity index (χ0) is 20.9. The third kappa shape index (κ3) is 2.94. The van der Waals surface area contributed by atoms with Crippen LogP contribution in [0.4, 0.5) is 0 Å². The van der Waals surface area contributed by atoms with E-state index in [-0.39, 0.29) is 29.1 Å². The molecule has 0 N–H and O–H groups in total. The van der Waals surface area contributed by atoms with E-state index in [9.17, 15) is 9.59 Å². The maximum atomic E-state index is 13.3. The minimum atomic E-state index is -0.176. The SMILES string of the molecule is O=C(c1onc2ncccc12)N1C[C@@H]2C[C@H](C1)c1cc(-c3cccnc3)cc(=O)n1C2. The molecule has 2 bridgehead atoms. The van der Waals surface area contributed by atoms with Crippen molar-refractivity contribution in [2.75, 3.05) is 13.1 Å². The predicted octanol–water partition coefficient (Wildman–Crippen LogP) is 2.71. The topological polar surface area (TPSA) is 94.1 Å². The molecule has 0 aliphatic carbocycles. The van der Waals surface area contributed by atoms with Crippen molar-refractivity contribution in [3.05, 3.63) is 76.8 Å². The Labute approximate surface area is 177 Å². The maximum Gasteiger partial charge on any atom is 0.293 e. The molecule has 1 saturated heterocycles. The van der Waals surface area contributed by atoms with Gasteiger partial charge in [-0.2, -0.15) is 0 Å². The van der Waals surface area contributed by atoms with E-state index >= 15 is 0 Å². The third-order valence-corrected chi connectivity index (χ3v) is 6.29. The number of aromatic nitrogens is 4. The Morgan fingerprint density at radius 2 is 1.97 bits per heavy atom. The van der Waals surface area contributed by atoms with E-state index in [0.29, 0.717) is 30.7 Å². The van der Waals surface area contributed by atoms with Gasteiger partial charge in [-0.15, -0.1) is 0 Å². The number of rotatable bonds is 2. The quantitative estimate of drug-likeness (QED) is 0.502. The molecular weight excluding hydrogens is 394 g/mol. The van der Waals surface area contributed by atoms with E-state index in [1.54, 1.807) is 36.8 Å². The van der Waals surface area contributed by atoms with Gasteiger partial charge in [0.2, 0.25) is 11.4 Å². The molecule has 1 amide bonds. The Bertz CT molecular complexity index is 1360. The summed E-state index contributed by atoms with van der Waals surface area (Å²) >= 11 is 0. The fraction of sp³-hybridized carbons (Fsp3) is 0.261. The van der Waals surface area contributed by atoms with Crippen molar-refractivity contribution in [2.45, 2.75) is 18.9 Å². The number of amides is 1. The van der Waals surface area contributed by atoms with Crippen molar-refractivity contribution >= 4 is 16.9 Å². The highest BCUT2D eigenvalue weighted by molar-refractivity contribution is 6.02. The number of pyridine rings is 3. The zero-order valence-electron chi connectivity index (χ0n) is 16.6. The standard InChI is InChI=1S/C23H19N5O3/c29-20-9-16(15-3-1-5-24-10-15)8-19-17-7-14(12-28(19)20)11-27(13-17)23(30)21-18-4-2-6-25-22(18)26-31-21/h1-6,8-10,14,17H,7,11-13H2/t14-,17+/m0/s1. The second-order valence-corrected chi connectivity index (χ2v) is 8.25. The molecule has 6 rings (SSSR count). The van der Waals surface area contributed by atoms with E-state index in [1.165, 1.54) is 0 Å². The first kappa shape index (κ1) is 18.0. The summed E-state index contributed by atoms with van der Waals surface area (Å²) in [5, 5.41) is 4.54. The molecule has 8 heteroatoms. The summed E-state index contributed by atoms with van der Waals surface area (Å²) in [5.41, 5.74) is 3.18. The first-order valence-electron chi connectivity index (χ1n) is 10.3. The van der Waals surface area contributed by atoms with Crippen LogP contribution in [0.25, 0.3) is 22.2 Å². The van der Waals surface area contributed by atoms with Crippen LogP contribution in [0.3, 0.4) is 0 Å². The first-order valence-corrected chi connectivity index (χ1v) is 10.3. The number of carbonyl (C=O) groups is 1. The Morgan fingerprint density at radius 1 is 1.06 bits per heavy atom. The summed E-state index contributed by atoms with van der Waals surface area (Å²) in [7, 11) is 0. The van der Waals surface area contributed by atoms with Crippen molar-refractivity contribution in [2.24, 2.45) is 5.92 Å². The van der Waals surface area contributed by atoms with E-state index in [0.717, 1.165) is 23.2 Å². The number of hydrogen-bond donors (Lipinski definition) is 0. The van der Waals surface area contributed by atoms with Gasteiger partial charge in [0.25, 0.3) is 11.5 Å². The number of likely N-dealkylation sites (tertiary alicyclic amines) is 1. The van der Waals surface area contributed by atoms with Crippen LogP contribution in [0, 0.1) is 5.92 Å². The highest BCUT2D eigenvalue weighted by Crippen LogP contribution is 2.37. The molecule has 0 aromatic carbocycles. The van der Waals surface area contributed by atoms with Gasteiger partial charge >= 0.3 is 0 Å². The molecule has 2 atom stereocenters. The minimum absolute atomic E-state index is 0.00173. The Balaban J connectivity index is 1.35. The lowest BCUT2D eigenvalue weighted by molar-refractivity contribution is 0.0557. The number of fused-ring (bicyclic) bond motifs is 5. The van der Waals surface area contributed by atoms with Gasteiger partial charge < -0.3 is 14.0 Å². The number of carbonyl (C=O) groups excluding carboxylic acids is 1. The van der Waals surface area contributed by atoms with Crippen molar-refractivity contribution in [1.82, 2.24) is 24.6 Å². The average Bonchev–Trinajstić information content (AvgIpc) is 3.24. The molecular formula is C23H19N5O3. The van der Waals surface area contributed by atoms with Crippen LogP contribution >= 0.6 is 0 Å². The van der Waals surface area contributed by atoms with Crippen molar-refractivity contribution in [1.29, 1.82) is 0 Å². The van der Waals surface area contributed by atoms with Gasteiger partial charge in [0.05, 0.1) is 5.39 Å². The fourth-order valence-corrected chi connectivity index (χ4v) is 4.91. The lowest BCUT2D eigenvalue weighted by atomic mass is 9.82. The highest BCUT2D eigenvalue weighted by Gasteiger charge is 2.38. The van der Waals surface area contributed by atoms with Gasteiger partial charge in [0, 0.05) is 61.5 Å². The Kier molecular flexibility index (Phi) is 3.99. The lowest BCUT2D eigenvalue weighted by Crippen LogP contribution is -2.49. The van der Waals surface area contributed by atoms with Gasteiger partial charge in [-0.3, -0.25) is 14.6 Å². The normalized spacial score (nSPS) is 19.9. The zero-order valence-corrected chi connectivity index (χ0v) is 16.6. The second kappa shape index (κ2) is 6.87. The average molecular weight is 413 g/mol. The molecule has 4 aromatic heterocycles. The summed E-state index contributed by atoms with van der Waals surface area (Å²) in [4.78, 5) is 36.3. The van der Waals surface area contributed by atoms with E-state index < -0.39 is 0 Å². The van der Waals surface area contributed by atoms with E-state index in [1.807, 2.05) is 21.6 Å². The van der Waals surface area contributed by atoms with Crippen LogP contribution in [0.15, 0.2) is 64.3 Å². The molecule has 0 spiro atoms. The highest BCUT2D eigenvalue weighted by atomic mass is 16.5. The van der Waals surface area contributed by atoms with Crippen LogP contribution in [-0.2, 0) is 6.54 Å². The predicted molar refractivity (Wildman–Crippen MR) is 112 cm³/mol. The summed E-state index contributed by atoms with van der Waals surface area (Å²) < 4.78 is 7.22. The van der Waals surface area contributed by atoms with Crippen molar-refractivity contribution < 1.29 is 9.32 Å². The van der Waals surface area contributed by atoms with Crippen LogP contribution < -0.4 is 5.56 Å². The molecule has 8 nitrogen and oxygen atoms in total. The Morgan fingerprint density at radius 3 is 2.84 bits per heavy atom. The molecule has 1 fully saturated rings. The molecule has 0 unspecified atom stereocenters. The van der Waals surface area contributed by atoms with E-state index in [4.69, 9.17) is 4.52 Å². The molecule has 0 radical (unpaired) electrons. The van der Waals surface area contributed by atoms with Crippen LogP contribution in [0.1, 0.15) is 28.6 Å². The molecule has 0 saturated carbocycles. The van der Waals surface area contributed by atoms with E-state index in [2.05, 4.69) is 21.2 Å². The molecule has 154 valence electrons. The molecule has 31 heavy (non-hydrogen) atoms. The summed E-state index contributed by atoms with van der Waals surface area (Å²) in [6.45, 7) is 1.74. The summed E-state index contributed by atoms with van der Waals surface area (Å²) in [5.74, 6) is 0.367. The number of hydrogen-bond acceptors (Lipinski definition) is 6. The van der Waals surface area contributed by atoms with Crippen LogP contribution in [-0.4, -0.2) is 43.6 Å². The van der Waals surface area contributed by atoms with Gasteiger partial charge in [0.1, 0.15) is 0 Å². The van der Waals surface area contributed by atoms with Crippen LogP contribution in [0.5, 0.6) is 0 Å². The van der Waals surface area contributed by atoms with Crippen molar-refractivity contribution in [3.8, 4) is 11.1 Å². The number of piperidine rings is 1. The molecule has 2 aliphatic rings. The minimum Gasteiger partial charge on any atom is -0.348 e. The molecule has 2 aliphatic heterocycles. The fourth-order valence-electron chi connectivity index (χ4n) is 4.91. The second-order valence-electron chi connectivity index (χ2n) is 8.25. The maximum absolute atomic E-state index is 13.3. The monoisotopic (exact) mass is 413 g/mol. The van der Waals surface area contributed by atoms with Gasteiger partial charge in [-0.1, -0.05) is 11.2 Å². The Hall–Kier alpha value is -3.81. The summed E-state index contributed by atoms with van der Waals surface area (Å²) in [6, 6.07) is 11.1.